The van der Waals surface area contributed by atoms with E-state index in [1.54, 1.807) is 28.9 Å². The highest BCUT2D eigenvalue weighted by atomic mass is 35.5. The molecule has 0 spiro atoms. The van der Waals surface area contributed by atoms with Gasteiger partial charge in [0.25, 0.3) is 5.78 Å². The van der Waals surface area contributed by atoms with Gasteiger partial charge in [0.2, 0.25) is 10.0 Å². The minimum atomic E-state index is -3.65. The van der Waals surface area contributed by atoms with Crippen molar-refractivity contribution < 1.29 is 8.42 Å². The van der Waals surface area contributed by atoms with Crippen LogP contribution in [0.3, 0.4) is 0 Å². The van der Waals surface area contributed by atoms with Gasteiger partial charge < -0.3 is 4.90 Å². The SMILES string of the molecule is CN(c1cc(S(=O)(=O)N(C)C)ccc1-c1ccccc1)c1nc2nncn2c2cc(Cl)ccc12. The Kier molecular flexibility index (Phi) is 5.47. The predicted molar refractivity (Wildman–Crippen MR) is 134 cm³/mol. The van der Waals surface area contributed by atoms with Gasteiger partial charge in [0.15, 0.2) is 0 Å². The Bertz CT molecular complexity index is 1630. The van der Waals surface area contributed by atoms with E-state index in [-0.39, 0.29) is 4.90 Å². The largest absolute Gasteiger partial charge is 0.328 e. The molecule has 0 radical (unpaired) electrons. The highest BCUT2D eigenvalue weighted by molar-refractivity contribution is 7.89. The Labute approximate surface area is 202 Å². The van der Waals surface area contributed by atoms with E-state index < -0.39 is 10.0 Å². The molecule has 0 saturated carbocycles. The average Bonchev–Trinajstić information content (AvgIpc) is 3.32. The first-order chi connectivity index (χ1) is 16.3. The van der Waals surface area contributed by atoms with E-state index in [4.69, 9.17) is 16.6 Å². The van der Waals surface area contributed by atoms with Crippen LogP contribution < -0.4 is 4.90 Å². The summed E-state index contributed by atoms with van der Waals surface area (Å²) in [5.41, 5.74) is 3.30. The average molecular weight is 493 g/mol. The molecule has 2 aromatic heterocycles. The molecule has 0 N–H and O–H groups in total. The van der Waals surface area contributed by atoms with Crippen molar-refractivity contribution in [1.82, 2.24) is 23.9 Å². The number of anilines is 2. The first-order valence-electron chi connectivity index (χ1n) is 10.4. The number of rotatable bonds is 5. The number of hydrogen-bond donors (Lipinski definition) is 0. The molecule has 0 unspecified atom stereocenters. The van der Waals surface area contributed by atoms with Crippen LogP contribution in [0.15, 0.2) is 78.0 Å². The van der Waals surface area contributed by atoms with Gasteiger partial charge in [-0.3, -0.25) is 4.40 Å². The summed E-state index contributed by atoms with van der Waals surface area (Å²) < 4.78 is 28.8. The Morgan fingerprint density at radius 3 is 2.44 bits per heavy atom. The van der Waals surface area contributed by atoms with Gasteiger partial charge in [-0.05, 0) is 35.9 Å². The zero-order valence-corrected chi connectivity index (χ0v) is 20.3. The molecule has 5 rings (SSSR count). The van der Waals surface area contributed by atoms with E-state index in [2.05, 4.69) is 10.2 Å². The second-order valence-corrected chi connectivity index (χ2v) is 10.6. The Morgan fingerprint density at radius 1 is 0.941 bits per heavy atom. The highest BCUT2D eigenvalue weighted by Gasteiger charge is 2.23. The molecule has 5 aromatic rings. The van der Waals surface area contributed by atoms with Crippen LogP contribution in [0.4, 0.5) is 11.5 Å². The van der Waals surface area contributed by atoms with Crippen LogP contribution in [-0.2, 0) is 10.0 Å². The van der Waals surface area contributed by atoms with Gasteiger partial charge in [0, 0.05) is 37.1 Å². The normalized spacial score (nSPS) is 12.0. The molecule has 2 heterocycles. The first-order valence-corrected chi connectivity index (χ1v) is 12.2. The fourth-order valence-corrected chi connectivity index (χ4v) is 5.00. The number of fused-ring (bicyclic) bond motifs is 3. The van der Waals surface area contributed by atoms with Crippen LogP contribution in [0.1, 0.15) is 0 Å². The Balaban J connectivity index is 1.79. The Morgan fingerprint density at radius 2 is 1.71 bits per heavy atom. The van der Waals surface area contributed by atoms with Crippen LogP contribution in [-0.4, -0.2) is 53.4 Å². The summed E-state index contributed by atoms with van der Waals surface area (Å²) in [7, 11) is 1.24. The van der Waals surface area contributed by atoms with Gasteiger partial charge in [-0.15, -0.1) is 10.2 Å². The molecule has 0 aliphatic carbocycles. The number of aromatic nitrogens is 4. The van der Waals surface area contributed by atoms with Gasteiger partial charge in [-0.2, -0.15) is 4.98 Å². The summed E-state index contributed by atoms with van der Waals surface area (Å²) in [6, 6.07) is 20.4. The number of benzene rings is 3. The van der Waals surface area contributed by atoms with Crippen molar-refractivity contribution in [3.05, 3.63) is 78.1 Å². The third-order valence-electron chi connectivity index (χ3n) is 5.71. The van der Waals surface area contributed by atoms with Gasteiger partial charge in [0.05, 0.1) is 16.1 Å². The lowest BCUT2D eigenvalue weighted by molar-refractivity contribution is 0.521. The zero-order valence-electron chi connectivity index (χ0n) is 18.7. The third kappa shape index (κ3) is 3.67. The van der Waals surface area contributed by atoms with Gasteiger partial charge in [-0.25, -0.2) is 12.7 Å². The topological polar surface area (TPSA) is 83.7 Å². The number of nitrogens with zero attached hydrogens (tertiary/aromatic N) is 6. The van der Waals surface area contributed by atoms with E-state index in [1.165, 1.54) is 18.4 Å². The predicted octanol–water partition coefficient (Wildman–Crippen LogP) is 4.62. The summed E-state index contributed by atoms with van der Waals surface area (Å²) in [5, 5.41) is 9.51. The maximum atomic E-state index is 12.9. The van der Waals surface area contributed by atoms with Crippen LogP contribution in [0.5, 0.6) is 0 Å². The van der Waals surface area contributed by atoms with Crippen molar-refractivity contribution in [2.45, 2.75) is 4.90 Å². The summed E-state index contributed by atoms with van der Waals surface area (Å²) in [6.07, 6.45) is 1.59. The monoisotopic (exact) mass is 492 g/mol. The minimum Gasteiger partial charge on any atom is -0.328 e. The molecule has 0 atom stereocenters. The zero-order chi connectivity index (χ0) is 24.0. The fraction of sp³-hybridized carbons (Fsp3) is 0.125. The van der Waals surface area contributed by atoms with Gasteiger partial charge in [-0.1, -0.05) is 48.0 Å². The van der Waals surface area contributed by atoms with Crippen LogP contribution in [0.25, 0.3) is 27.8 Å². The summed E-state index contributed by atoms with van der Waals surface area (Å²) in [5.74, 6) is 1.01. The molecule has 34 heavy (non-hydrogen) atoms. The Hall–Kier alpha value is -3.53. The number of sulfonamides is 1. The van der Waals surface area contributed by atoms with Gasteiger partial charge >= 0.3 is 0 Å². The van der Waals surface area contributed by atoms with Crippen LogP contribution >= 0.6 is 11.6 Å². The van der Waals surface area contributed by atoms with Crippen LogP contribution in [0, 0.1) is 0 Å². The van der Waals surface area contributed by atoms with Crippen molar-refractivity contribution in [2.75, 3.05) is 26.0 Å². The summed E-state index contributed by atoms with van der Waals surface area (Å²) >= 11 is 6.28. The quantitative estimate of drug-likeness (QED) is 0.356. The lowest BCUT2D eigenvalue weighted by Crippen LogP contribution is -2.23. The third-order valence-corrected chi connectivity index (χ3v) is 7.75. The molecule has 0 aliphatic heterocycles. The summed E-state index contributed by atoms with van der Waals surface area (Å²) in [6.45, 7) is 0. The molecule has 0 aliphatic rings. The fourth-order valence-electron chi connectivity index (χ4n) is 3.92. The minimum absolute atomic E-state index is 0.190. The smallest absolute Gasteiger partial charge is 0.257 e. The van der Waals surface area contributed by atoms with Crippen molar-refractivity contribution in [2.24, 2.45) is 0 Å². The molecule has 0 saturated heterocycles. The maximum absolute atomic E-state index is 12.9. The lowest BCUT2D eigenvalue weighted by Gasteiger charge is -2.25. The summed E-state index contributed by atoms with van der Waals surface area (Å²) in [4.78, 5) is 6.81. The second kappa shape index (κ2) is 8.35. The van der Waals surface area contributed by atoms with Gasteiger partial charge in [0.1, 0.15) is 12.1 Å². The molecular formula is C24H21ClN6O2S. The first kappa shape index (κ1) is 22.3. The number of halogens is 1. The van der Waals surface area contributed by atoms with Crippen LogP contribution in [0.2, 0.25) is 5.02 Å². The van der Waals surface area contributed by atoms with Crippen molar-refractivity contribution in [1.29, 1.82) is 0 Å². The molecule has 8 nitrogen and oxygen atoms in total. The van der Waals surface area contributed by atoms with E-state index in [9.17, 15) is 8.42 Å². The van der Waals surface area contributed by atoms with Crippen molar-refractivity contribution in [3.8, 4) is 11.1 Å². The second-order valence-electron chi connectivity index (χ2n) is 7.99. The van der Waals surface area contributed by atoms with E-state index >= 15 is 0 Å². The highest BCUT2D eigenvalue weighted by Crippen LogP contribution is 2.38. The van der Waals surface area contributed by atoms with Crippen molar-refractivity contribution >= 4 is 49.8 Å². The molecule has 0 amide bonds. The van der Waals surface area contributed by atoms with Crippen molar-refractivity contribution in [3.63, 3.8) is 0 Å². The number of hydrogen-bond acceptors (Lipinski definition) is 6. The molecule has 172 valence electrons. The van der Waals surface area contributed by atoms with E-state index in [0.717, 1.165) is 22.0 Å². The molecular weight excluding hydrogens is 472 g/mol. The van der Waals surface area contributed by atoms with E-state index in [1.807, 2.05) is 60.5 Å². The molecule has 3 aromatic carbocycles. The lowest BCUT2D eigenvalue weighted by atomic mass is 10.0. The standard InChI is InChI=1S/C24H21ClN6O2S/c1-29(2)34(32,33)18-10-12-19(16-7-5-4-6-8-16)21(14-18)30(3)23-20-11-9-17(25)13-22(20)31-15-26-28-24(31)27-23/h4-15H,1-3H3. The molecule has 10 heteroatoms. The maximum Gasteiger partial charge on any atom is 0.257 e. The van der Waals surface area contributed by atoms with E-state index in [0.29, 0.717) is 22.3 Å². The molecule has 0 bridgehead atoms. The molecule has 0 fully saturated rings.